The topological polar surface area (TPSA) is 88.7 Å². The summed E-state index contributed by atoms with van der Waals surface area (Å²) in [7, 11) is 1.51. The van der Waals surface area contributed by atoms with Crippen molar-refractivity contribution in [2.24, 2.45) is 5.92 Å². The van der Waals surface area contributed by atoms with E-state index < -0.39 is 0 Å². The van der Waals surface area contributed by atoms with Gasteiger partial charge in [0.05, 0.1) is 18.9 Å². The molecule has 0 aliphatic rings. The zero-order valence-corrected chi connectivity index (χ0v) is 19.3. The van der Waals surface area contributed by atoms with Gasteiger partial charge in [-0.05, 0) is 62.0 Å². The summed E-state index contributed by atoms with van der Waals surface area (Å²) in [4.78, 5) is 24.4. The molecule has 0 heterocycles. The van der Waals surface area contributed by atoms with Crippen molar-refractivity contribution in [2.45, 2.75) is 40.2 Å². The highest BCUT2D eigenvalue weighted by atomic mass is 32.1. The monoisotopic (exact) mass is 443 g/mol. The molecule has 1 atom stereocenters. The molecule has 3 N–H and O–H groups in total. The third kappa shape index (κ3) is 7.25. The van der Waals surface area contributed by atoms with Gasteiger partial charge in [0.25, 0.3) is 5.91 Å². The predicted molar refractivity (Wildman–Crippen MR) is 127 cm³/mol. The van der Waals surface area contributed by atoms with Crippen molar-refractivity contribution < 1.29 is 19.1 Å². The molecule has 0 saturated heterocycles. The minimum atomic E-state index is -0.333. The highest BCUT2D eigenvalue weighted by Gasteiger charge is 2.13. The molecule has 0 radical (unpaired) electrons. The van der Waals surface area contributed by atoms with Gasteiger partial charge in [-0.15, -0.1) is 0 Å². The summed E-state index contributed by atoms with van der Waals surface area (Å²) in [6, 6.07) is 12.0. The van der Waals surface area contributed by atoms with E-state index in [9.17, 15) is 9.59 Å². The number of carbonyl (C=O) groups is 2. The van der Waals surface area contributed by atoms with Crippen molar-refractivity contribution in [3.05, 3.63) is 48.0 Å². The Bertz CT molecular complexity index is 929. The van der Waals surface area contributed by atoms with E-state index in [1.165, 1.54) is 7.11 Å². The lowest BCUT2D eigenvalue weighted by Crippen LogP contribution is -2.34. The lowest BCUT2D eigenvalue weighted by molar-refractivity contribution is -0.118. The van der Waals surface area contributed by atoms with Gasteiger partial charge in [-0.25, -0.2) is 0 Å². The minimum Gasteiger partial charge on any atom is -0.494 e. The fourth-order valence-corrected chi connectivity index (χ4v) is 2.70. The Kier molecular flexibility index (Phi) is 8.81. The maximum Gasteiger partial charge on any atom is 0.257 e. The summed E-state index contributed by atoms with van der Waals surface area (Å²) >= 11 is 5.25. The summed E-state index contributed by atoms with van der Waals surface area (Å²) in [6.45, 7) is 7.66. The van der Waals surface area contributed by atoms with E-state index in [-0.39, 0.29) is 28.9 Å². The lowest BCUT2D eigenvalue weighted by atomic mass is 10.2. The zero-order valence-electron chi connectivity index (χ0n) is 18.4. The molecule has 0 unspecified atom stereocenters. The van der Waals surface area contributed by atoms with E-state index in [0.717, 1.165) is 6.42 Å². The van der Waals surface area contributed by atoms with E-state index in [0.29, 0.717) is 28.4 Å². The Hall–Kier alpha value is -3.13. The Labute approximate surface area is 188 Å². The summed E-state index contributed by atoms with van der Waals surface area (Å²) < 4.78 is 11.1. The third-order valence-corrected chi connectivity index (χ3v) is 4.70. The molecule has 0 bridgehead atoms. The van der Waals surface area contributed by atoms with Gasteiger partial charge in [-0.1, -0.05) is 20.8 Å². The molecule has 31 heavy (non-hydrogen) atoms. The minimum absolute atomic E-state index is 0.109. The smallest absolute Gasteiger partial charge is 0.257 e. The summed E-state index contributed by atoms with van der Waals surface area (Å²) in [5.41, 5.74) is 1.63. The number of anilines is 2. The first-order valence-corrected chi connectivity index (χ1v) is 10.5. The average molecular weight is 444 g/mol. The van der Waals surface area contributed by atoms with Gasteiger partial charge in [0.1, 0.15) is 11.5 Å². The standard InChI is InChI=1S/C23H29N3O4S/c1-6-15(4)30-18-10-7-16(8-11-18)22(28)26-23(31)24-17-9-12-19(20(13-17)29-5)25-21(27)14(2)3/h7-15H,6H2,1-5H3,(H,25,27)(H2,24,26,28,31)/t15-/m1/s1. The van der Waals surface area contributed by atoms with Crippen LogP contribution in [0.25, 0.3) is 0 Å². The van der Waals surface area contributed by atoms with Crippen molar-refractivity contribution in [2.75, 3.05) is 17.7 Å². The molecule has 166 valence electrons. The molecule has 2 rings (SSSR count). The number of nitrogens with one attached hydrogen (secondary N) is 3. The van der Waals surface area contributed by atoms with Crippen LogP contribution in [0, 0.1) is 5.92 Å². The van der Waals surface area contributed by atoms with Crippen molar-refractivity contribution in [3.8, 4) is 11.5 Å². The van der Waals surface area contributed by atoms with Crippen LogP contribution in [0.4, 0.5) is 11.4 Å². The van der Waals surface area contributed by atoms with Gasteiger partial charge in [0.2, 0.25) is 5.91 Å². The molecule has 0 aromatic heterocycles. The number of thiocarbonyl (C=S) groups is 1. The van der Waals surface area contributed by atoms with Crippen molar-refractivity contribution in [3.63, 3.8) is 0 Å². The number of ether oxygens (including phenoxy) is 2. The number of hydrogen-bond donors (Lipinski definition) is 3. The van der Waals surface area contributed by atoms with E-state index in [2.05, 4.69) is 16.0 Å². The molecule has 2 aromatic carbocycles. The normalized spacial score (nSPS) is 11.4. The Morgan fingerprint density at radius 1 is 1.03 bits per heavy atom. The first-order valence-electron chi connectivity index (χ1n) is 10.1. The number of carbonyl (C=O) groups excluding carboxylic acids is 2. The van der Waals surface area contributed by atoms with Crippen LogP contribution in [0.2, 0.25) is 0 Å². The van der Waals surface area contributed by atoms with Crippen LogP contribution < -0.4 is 25.4 Å². The van der Waals surface area contributed by atoms with E-state index in [4.69, 9.17) is 21.7 Å². The highest BCUT2D eigenvalue weighted by molar-refractivity contribution is 7.80. The predicted octanol–water partition coefficient (Wildman–Crippen LogP) is 4.59. The van der Waals surface area contributed by atoms with Gasteiger partial charge in [0.15, 0.2) is 5.11 Å². The molecule has 2 amide bonds. The molecule has 0 aliphatic carbocycles. The number of hydrogen-bond acceptors (Lipinski definition) is 5. The Morgan fingerprint density at radius 2 is 1.71 bits per heavy atom. The first kappa shape index (κ1) is 24.1. The Balaban J connectivity index is 1.98. The molecule has 0 saturated carbocycles. The number of benzene rings is 2. The number of amides is 2. The van der Waals surface area contributed by atoms with Crippen LogP contribution in [0.15, 0.2) is 42.5 Å². The van der Waals surface area contributed by atoms with Gasteiger partial charge < -0.3 is 20.1 Å². The van der Waals surface area contributed by atoms with E-state index in [1.54, 1.807) is 42.5 Å². The molecule has 8 heteroatoms. The molecule has 0 aliphatic heterocycles. The molecular formula is C23H29N3O4S. The molecule has 0 spiro atoms. The second kappa shape index (κ2) is 11.3. The van der Waals surface area contributed by atoms with Crippen LogP contribution in [0.3, 0.4) is 0 Å². The largest absolute Gasteiger partial charge is 0.494 e. The second-order valence-corrected chi connectivity index (χ2v) is 7.74. The van der Waals surface area contributed by atoms with Crippen LogP contribution >= 0.6 is 12.2 Å². The summed E-state index contributed by atoms with van der Waals surface area (Å²) in [5, 5.41) is 8.55. The van der Waals surface area contributed by atoms with Crippen LogP contribution in [0.5, 0.6) is 11.5 Å². The van der Waals surface area contributed by atoms with Crippen LogP contribution in [-0.2, 0) is 4.79 Å². The molecule has 2 aromatic rings. The highest BCUT2D eigenvalue weighted by Crippen LogP contribution is 2.28. The molecule has 0 fully saturated rings. The molecular weight excluding hydrogens is 414 g/mol. The lowest BCUT2D eigenvalue weighted by Gasteiger charge is -2.15. The van der Waals surface area contributed by atoms with Gasteiger partial charge in [-0.2, -0.15) is 0 Å². The fraction of sp³-hybridized carbons (Fsp3) is 0.348. The SMILES string of the molecule is CC[C@@H](C)Oc1ccc(C(=O)NC(=S)Nc2ccc(NC(=O)C(C)C)c(OC)c2)cc1. The fourth-order valence-electron chi connectivity index (χ4n) is 2.49. The third-order valence-electron chi connectivity index (χ3n) is 4.50. The quantitative estimate of drug-likeness (QED) is 0.517. The first-order chi connectivity index (χ1) is 14.7. The van der Waals surface area contributed by atoms with Crippen molar-refractivity contribution in [1.29, 1.82) is 0 Å². The maximum atomic E-state index is 12.4. The van der Waals surface area contributed by atoms with Crippen molar-refractivity contribution in [1.82, 2.24) is 5.32 Å². The summed E-state index contributed by atoms with van der Waals surface area (Å²) in [6.07, 6.45) is 1.01. The summed E-state index contributed by atoms with van der Waals surface area (Å²) in [5.74, 6) is 0.595. The van der Waals surface area contributed by atoms with Crippen LogP contribution in [-0.4, -0.2) is 30.1 Å². The van der Waals surface area contributed by atoms with Crippen molar-refractivity contribution >= 4 is 40.5 Å². The second-order valence-electron chi connectivity index (χ2n) is 7.33. The maximum absolute atomic E-state index is 12.4. The van der Waals surface area contributed by atoms with Gasteiger partial charge in [-0.3, -0.25) is 14.9 Å². The van der Waals surface area contributed by atoms with E-state index >= 15 is 0 Å². The zero-order chi connectivity index (χ0) is 23.0. The molecule has 7 nitrogen and oxygen atoms in total. The van der Waals surface area contributed by atoms with Crippen LogP contribution in [0.1, 0.15) is 44.5 Å². The Morgan fingerprint density at radius 3 is 2.29 bits per heavy atom. The van der Waals surface area contributed by atoms with E-state index in [1.807, 2.05) is 27.7 Å². The number of methoxy groups -OCH3 is 1. The van der Waals surface area contributed by atoms with Gasteiger partial charge in [0, 0.05) is 23.2 Å². The average Bonchev–Trinajstić information content (AvgIpc) is 2.74. The number of rotatable bonds is 8. The van der Waals surface area contributed by atoms with Gasteiger partial charge >= 0.3 is 0 Å².